The second-order valence-electron chi connectivity index (χ2n) is 11.5. The van der Waals surface area contributed by atoms with Crippen LogP contribution in [0.4, 0.5) is 4.79 Å². The number of carbonyl (C=O) groups is 3. The molecule has 238 valence electrons. The van der Waals surface area contributed by atoms with Crippen LogP contribution in [-0.2, 0) is 31.7 Å². The fourth-order valence-electron chi connectivity index (χ4n) is 5.61. The number of carbonyl (C=O) groups excluding carboxylic acids is 3. The summed E-state index contributed by atoms with van der Waals surface area (Å²) in [5.74, 6) is -2.61. The third kappa shape index (κ3) is 6.94. The van der Waals surface area contributed by atoms with E-state index in [0.29, 0.717) is 11.1 Å². The van der Waals surface area contributed by atoms with E-state index < -0.39 is 45.4 Å². The molecule has 14 heteroatoms. The smallest absolute Gasteiger partial charge is 0.328 e. The normalized spacial score (nSPS) is 19.5. The summed E-state index contributed by atoms with van der Waals surface area (Å²) in [6.45, 7) is 4.41. The highest BCUT2D eigenvalue weighted by atomic mass is 35.5. The molecule has 2 aliphatic heterocycles. The third-order valence-corrected chi connectivity index (χ3v) is 9.23. The van der Waals surface area contributed by atoms with Gasteiger partial charge in [-0.1, -0.05) is 18.2 Å². The van der Waals surface area contributed by atoms with Gasteiger partial charge in [0.2, 0.25) is 17.5 Å². The average Bonchev–Trinajstić information content (AvgIpc) is 3.22. The molecule has 4 amide bonds. The fourth-order valence-corrected chi connectivity index (χ4v) is 6.27. The van der Waals surface area contributed by atoms with Crippen molar-refractivity contribution in [2.24, 2.45) is 5.92 Å². The summed E-state index contributed by atoms with van der Waals surface area (Å²) in [6, 6.07) is 11.1. The van der Waals surface area contributed by atoms with Gasteiger partial charge in [0.25, 0.3) is 10.1 Å². The Balaban J connectivity index is 1.58. The zero-order valence-electron chi connectivity index (χ0n) is 25.3. The number of hydrogen-bond donors (Lipinski definition) is 2. The van der Waals surface area contributed by atoms with E-state index >= 15 is 0 Å². The first-order valence-corrected chi connectivity index (χ1v) is 16.2. The molecule has 2 aromatic rings. The van der Waals surface area contributed by atoms with Gasteiger partial charge in [-0.2, -0.15) is 18.2 Å². The van der Waals surface area contributed by atoms with Crippen LogP contribution in [0.15, 0.2) is 54.8 Å². The van der Waals surface area contributed by atoms with Gasteiger partial charge in [0, 0.05) is 56.5 Å². The molecule has 2 unspecified atom stereocenters. The summed E-state index contributed by atoms with van der Waals surface area (Å²) in [4.78, 5) is 40.6. The van der Waals surface area contributed by atoms with Crippen LogP contribution in [0.25, 0.3) is 11.3 Å². The number of allylic oxidation sites excluding steroid dienone is 3. The molecule has 12 nitrogen and oxygen atoms in total. The van der Waals surface area contributed by atoms with E-state index in [1.807, 2.05) is 54.9 Å². The quantitative estimate of drug-likeness (QED) is 0.129. The van der Waals surface area contributed by atoms with Gasteiger partial charge in [0.05, 0.1) is 22.8 Å². The molecule has 0 radical (unpaired) electrons. The molecule has 0 spiro atoms. The lowest BCUT2D eigenvalue weighted by molar-refractivity contribution is -0.599. The van der Waals surface area contributed by atoms with Gasteiger partial charge in [-0.05, 0) is 38.0 Å². The molecule has 3 heterocycles. The van der Waals surface area contributed by atoms with Crippen molar-refractivity contribution in [1.29, 1.82) is 5.26 Å². The Morgan fingerprint density at radius 3 is 2.58 bits per heavy atom. The van der Waals surface area contributed by atoms with Gasteiger partial charge < -0.3 is 14.9 Å². The summed E-state index contributed by atoms with van der Waals surface area (Å²) in [5.41, 5.74) is 4.14. The van der Waals surface area contributed by atoms with Crippen LogP contribution in [0.1, 0.15) is 42.7 Å². The number of alkyl halides is 1. The number of amides is 4. The molecular weight excluding hydrogens is 622 g/mol. The van der Waals surface area contributed by atoms with Crippen LogP contribution < -0.4 is 4.57 Å². The Bertz CT molecular complexity index is 1750. The number of aliphatic hydroxyl groups is 1. The Kier molecular flexibility index (Phi) is 9.84. The summed E-state index contributed by atoms with van der Waals surface area (Å²) >= 11 is 5.80. The first kappa shape index (κ1) is 33.8. The zero-order valence-corrected chi connectivity index (χ0v) is 26.9. The van der Waals surface area contributed by atoms with E-state index in [1.54, 1.807) is 6.08 Å². The average molecular weight is 657 g/mol. The van der Waals surface area contributed by atoms with Gasteiger partial charge in [0.1, 0.15) is 18.0 Å². The van der Waals surface area contributed by atoms with Gasteiger partial charge >= 0.3 is 6.03 Å². The van der Waals surface area contributed by atoms with Crippen molar-refractivity contribution in [3.8, 4) is 11.8 Å². The van der Waals surface area contributed by atoms with E-state index in [9.17, 15) is 33.2 Å². The first-order chi connectivity index (χ1) is 21.1. The minimum Gasteiger partial charge on any atom is -0.372 e. The lowest BCUT2D eigenvalue weighted by Gasteiger charge is -2.37. The van der Waals surface area contributed by atoms with Gasteiger partial charge in [-0.3, -0.25) is 19.0 Å². The van der Waals surface area contributed by atoms with Gasteiger partial charge in [-0.25, -0.2) is 4.79 Å². The number of fused-ring (bicyclic) bond motifs is 3. The number of nitrogens with zero attached hydrogens (tertiary/aromatic N) is 5. The number of imide groups is 1. The molecule has 2 atom stereocenters. The van der Waals surface area contributed by atoms with Crippen LogP contribution in [0, 0.1) is 17.2 Å². The summed E-state index contributed by atoms with van der Waals surface area (Å²) in [7, 11) is -1.40. The van der Waals surface area contributed by atoms with Crippen molar-refractivity contribution >= 4 is 45.1 Å². The summed E-state index contributed by atoms with van der Waals surface area (Å²) in [5, 5.41) is 20.4. The van der Waals surface area contributed by atoms with Crippen LogP contribution in [-0.4, -0.2) is 89.1 Å². The molecule has 0 bridgehead atoms. The van der Waals surface area contributed by atoms with Crippen LogP contribution >= 0.6 is 11.6 Å². The maximum Gasteiger partial charge on any atom is 0.328 e. The highest BCUT2D eigenvalue weighted by Crippen LogP contribution is 2.39. The lowest BCUT2D eigenvalue weighted by Crippen LogP contribution is -2.58. The zero-order chi connectivity index (χ0) is 33.3. The van der Waals surface area contributed by atoms with E-state index in [1.165, 1.54) is 31.1 Å². The monoisotopic (exact) mass is 656 g/mol. The van der Waals surface area contributed by atoms with Gasteiger partial charge in [-0.15, -0.1) is 11.6 Å². The number of urea groups is 1. The van der Waals surface area contributed by atoms with Crippen molar-refractivity contribution in [2.75, 3.05) is 32.3 Å². The van der Waals surface area contributed by atoms with Crippen molar-refractivity contribution < 1.29 is 37.0 Å². The molecule has 1 saturated heterocycles. The van der Waals surface area contributed by atoms with Crippen molar-refractivity contribution in [3.63, 3.8) is 0 Å². The molecule has 1 aromatic heterocycles. The molecule has 2 N–H and O–H groups in total. The van der Waals surface area contributed by atoms with Crippen molar-refractivity contribution in [1.82, 2.24) is 14.7 Å². The predicted molar refractivity (Wildman–Crippen MR) is 165 cm³/mol. The molecular formula is C31H35ClN5O7S+. The number of pyridine rings is 1. The predicted octanol–water partition coefficient (Wildman–Crippen LogP) is 2.37. The maximum absolute atomic E-state index is 12.6. The number of nitriles is 1. The second kappa shape index (κ2) is 13.1. The number of aliphatic hydroxyl groups excluding tert-OH is 1. The molecule has 1 fully saturated rings. The Labute approximate surface area is 267 Å². The van der Waals surface area contributed by atoms with E-state index in [4.69, 9.17) is 16.2 Å². The Hall–Kier alpha value is -4.09. The van der Waals surface area contributed by atoms with Gasteiger partial charge in [0.15, 0.2) is 11.9 Å². The highest BCUT2D eigenvalue weighted by Gasteiger charge is 2.44. The molecule has 1 aromatic carbocycles. The number of rotatable bonds is 10. The van der Waals surface area contributed by atoms with E-state index in [0.717, 1.165) is 32.3 Å². The summed E-state index contributed by atoms with van der Waals surface area (Å²) in [6.07, 6.45) is 5.16. The highest BCUT2D eigenvalue weighted by molar-refractivity contribution is 7.85. The van der Waals surface area contributed by atoms with E-state index in [-0.39, 0.29) is 31.3 Å². The fraction of sp³-hybridized carbons (Fsp3) is 0.387. The third-order valence-electron chi connectivity index (χ3n) is 8.20. The minimum atomic E-state index is -4.15. The number of benzene rings is 1. The molecule has 0 aliphatic carbocycles. The topological polar surface area (TPSA) is 163 Å². The SMILES string of the molecule is CN1C(=O)C(/C=C/C=C(\C#N)c2cc[n+]3c(c2)C(C)(C)c2cc(CN(CCCS(=O)(=O)O)C(=O)CCl)ccc2-3)C(O)N(C)C1=O. The van der Waals surface area contributed by atoms with Crippen molar-refractivity contribution in [3.05, 3.63) is 77.1 Å². The van der Waals surface area contributed by atoms with E-state index in [2.05, 4.69) is 6.07 Å². The molecule has 0 saturated carbocycles. The van der Waals surface area contributed by atoms with Crippen molar-refractivity contribution in [2.45, 2.75) is 38.5 Å². The largest absolute Gasteiger partial charge is 0.372 e. The minimum absolute atomic E-state index is 0.0667. The first-order valence-electron chi connectivity index (χ1n) is 14.1. The van der Waals surface area contributed by atoms with Crippen LogP contribution in [0.3, 0.4) is 0 Å². The second-order valence-corrected chi connectivity index (χ2v) is 13.4. The number of aromatic nitrogens is 1. The standard InChI is InChI=1S/C31H34ClN5O7S/c1-31(2)24-15-20(19-36(27(38)17-32)12-6-14-45(42,43)44)9-10-25(24)37-13-11-21(16-26(31)37)22(18-33)7-5-8-23-28(39)34(3)30(41)35(4)29(23)40/h5,7-11,13,15-16,23,28,39H,6,12,14,17,19H2,1-4H3/p+1/b8-5+,22-7+. The maximum atomic E-state index is 12.6. The number of halogens is 1. The Morgan fingerprint density at radius 1 is 1.22 bits per heavy atom. The van der Waals surface area contributed by atoms with Crippen LogP contribution in [0.5, 0.6) is 0 Å². The lowest BCUT2D eigenvalue weighted by atomic mass is 9.82. The Morgan fingerprint density at radius 2 is 1.93 bits per heavy atom. The molecule has 2 aliphatic rings. The molecule has 4 rings (SSSR count). The number of hydrogen-bond acceptors (Lipinski definition) is 7. The molecule has 45 heavy (non-hydrogen) atoms. The van der Waals surface area contributed by atoms with Crippen LogP contribution in [0.2, 0.25) is 0 Å². The summed E-state index contributed by atoms with van der Waals surface area (Å²) < 4.78 is 33.4.